The average molecular weight is 1750 g/mol. The summed E-state index contributed by atoms with van der Waals surface area (Å²) in [6.07, 6.45) is 9.54. The van der Waals surface area contributed by atoms with Crippen molar-refractivity contribution in [3.63, 3.8) is 0 Å². The van der Waals surface area contributed by atoms with Gasteiger partial charge >= 0.3 is 92.0 Å². The van der Waals surface area contributed by atoms with Crippen molar-refractivity contribution in [2.75, 3.05) is 119 Å². The Morgan fingerprint density at radius 2 is 0.752 bits per heavy atom. The maximum absolute atomic E-state index is 12.6. The Morgan fingerprint density at radius 3 is 1.12 bits per heavy atom. The third-order valence-corrected chi connectivity index (χ3v) is 22.3. The van der Waals surface area contributed by atoms with Crippen LogP contribution in [0.3, 0.4) is 0 Å². The first-order chi connectivity index (χ1) is 58.5. The van der Waals surface area contributed by atoms with E-state index in [1.807, 2.05) is 102 Å². The molecule has 2 N–H and O–H groups in total. The van der Waals surface area contributed by atoms with Crippen LogP contribution in [-0.4, -0.2) is 233 Å². The van der Waals surface area contributed by atoms with E-state index in [0.717, 1.165) is 72.4 Å². The van der Waals surface area contributed by atoms with Crippen LogP contribution >= 0.6 is 0 Å². The SMILES string of the molecule is COc1cc2cc(B(C)C)cnc2cc1OC.COc1cc2cc(B(O)O)cnc2cc1OC.COc1cc2cc(B3OC(C)(C)C(C)(C)O3)cnc2cc1OC.COc1cc2cc([B-](F)(F)F)cnc2cc1OC.COc1cc2cc([B-]34OC(=O)CC[N+]3(C)CC(=O)O4)cnc2cc1OC.COc1cc2cc([B-]34OCC(C)(CO3)O4)cnc2cc1OC.[CH3+].[K+]. The summed E-state index contributed by atoms with van der Waals surface area (Å²) >= 11 is 0. The van der Waals surface area contributed by atoms with E-state index in [0.29, 0.717) is 123 Å². The van der Waals surface area contributed by atoms with E-state index in [1.54, 1.807) is 126 Å². The fraction of sp³-hybridized carbons (Fsp3) is 0.329. The molecule has 2 atom stereocenters. The van der Waals surface area contributed by atoms with Crippen LogP contribution in [0, 0.1) is 7.43 Å². The van der Waals surface area contributed by atoms with Crippen LogP contribution in [-0.2, 0) is 42.2 Å². The molecule has 0 saturated carbocycles. The van der Waals surface area contributed by atoms with E-state index in [9.17, 15) is 22.5 Å². The monoisotopic (exact) mass is 1750 g/mol. The third-order valence-electron chi connectivity index (χ3n) is 22.3. The number of quaternary nitrogens is 1. The number of ether oxygens (including phenoxy) is 12. The third kappa shape index (κ3) is 20.6. The minimum Gasteiger partial charge on any atom is -0.600 e. The van der Waals surface area contributed by atoms with E-state index < -0.39 is 40.1 Å². The molecule has 5 saturated heterocycles. The summed E-state index contributed by atoms with van der Waals surface area (Å²) in [5, 5.41) is 23.0. The van der Waals surface area contributed by atoms with E-state index in [4.69, 9.17) is 99.5 Å². The molecule has 30 nitrogen and oxygen atoms in total. The summed E-state index contributed by atoms with van der Waals surface area (Å²) in [6, 6.07) is 32.1. The number of pyridine rings is 6. The molecule has 0 spiro atoms. The average Bonchev–Trinajstić information content (AvgIpc) is 1.58. The van der Waals surface area contributed by atoms with Gasteiger partial charge in [-0.3, -0.25) is 39.5 Å². The van der Waals surface area contributed by atoms with Crippen LogP contribution in [0.25, 0.3) is 65.4 Å². The van der Waals surface area contributed by atoms with Gasteiger partial charge in [-0.2, -0.15) is 0 Å². The topological polar surface area (TPSA) is 327 Å². The van der Waals surface area contributed by atoms with Crippen molar-refractivity contribution < 1.29 is 178 Å². The number of likely N-dealkylation sites (N-methyl/N-ethyl adjacent to an activating group) is 1. The van der Waals surface area contributed by atoms with Crippen molar-refractivity contribution in [2.45, 2.75) is 71.5 Å². The molecule has 5 aliphatic heterocycles. The number of hydrogen-bond donors (Lipinski definition) is 2. The first-order valence-electron chi connectivity index (χ1n) is 39.1. The Balaban J connectivity index is 0.000000157. The maximum atomic E-state index is 12.6. The zero-order valence-corrected chi connectivity index (χ0v) is 77.2. The Morgan fingerprint density at radius 1 is 0.432 bits per heavy atom. The van der Waals surface area contributed by atoms with Gasteiger partial charge in [0.1, 0.15) is 6.54 Å². The number of halogens is 3. The number of rotatable bonds is 18. The van der Waals surface area contributed by atoms with Crippen LogP contribution in [0.4, 0.5) is 12.9 Å². The zero-order valence-electron chi connectivity index (χ0n) is 74.1. The standard InChI is InChI=1S/C17H19BN2O6.C17H22BNO4.C15H17BNO5.C13H16BNO2.C11H10BF3NO2.C11H12BNO4.CH3.K/c1-20-5-4-16(21)25-18(20,26-17(22)10-20)12-6-11-7-14(23-2)15(24-3)8-13(11)19-9-12;1-16(2)17(3,4)23-18(22-16)12-7-11-8-14(20-5)15(21-6)9-13(11)19-10-12;1-15-8-20-16(22-15,21-9-15)11-4-10-5-13(18-2)14(19-3)6-12(10)17-7-11;1-14(2)10-5-9-6-12(16-3)13(17-4)7-11(9)15-8-10;1-17-10-4-7-3-8(12(13,14)15)6-16-9(7)5-11(10)18-2;1-16-10-4-7-3-8(12(14)15)6-13-9(7)5-11(10)17-2;;/h6-9H,4-5,10H2,1-3H3;7-10H,1-6H3;4-7H,8-9H2,1-3H3;5-8H,1-4H3;3-6H,1-2H3;3-6,14-15H,1-2H3;1H3;/q;;-1;;-1;;2*+1. The fourth-order valence-corrected chi connectivity index (χ4v) is 14.6. The molecule has 12 aromatic rings. The molecule has 0 amide bonds. The predicted molar refractivity (Wildman–Crippen MR) is 472 cm³/mol. The number of aromatic nitrogens is 6. The number of fused-ring (bicyclic) bond motifs is 9. The van der Waals surface area contributed by atoms with E-state index >= 15 is 0 Å². The molecular weight excluding hydrogens is 1650 g/mol. The summed E-state index contributed by atoms with van der Waals surface area (Å²) in [6.45, 7) is 7.39. The summed E-state index contributed by atoms with van der Waals surface area (Å²) in [5.41, 5.74) is 6.41. The molecule has 6 aromatic heterocycles. The van der Waals surface area contributed by atoms with Crippen molar-refractivity contribution in [2.24, 2.45) is 0 Å². The summed E-state index contributed by atoms with van der Waals surface area (Å²) in [5.74, 6) is 6.44. The predicted octanol–water partition coefficient (Wildman–Crippen LogP) is 6.04. The molecule has 17 rings (SSSR count). The summed E-state index contributed by atoms with van der Waals surface area (Å²) in [4.78, 5) is 49.9. The van der Waals surface area contributed by atoms with Gasteiger partial charge in [0.15, 0.2) is 75.7 Å². The Labute approximate surface area is 766 Å². The second-order valence-electron chi connectivity index (χ2n) is 31.3. The van der Waals surface area contributed by atoms with Crippen LogP contribution in [0.5, 0.6) is 69.0 Å². The second kappa shape index (κ2) is 39.7. The van der Waals surface area contributed by atoms with Crippen molar-refractivity contribution in [3.05, 3.63) is 154 Å². The number of carbonyl (C=O) groups excluding carboxylic acids is 2. The first kappa shape index (κ1) is 96.9. The fourth-order valence-electron chi connectivity index (χ4n) is 14.6. The number of hydrogen-bond acceptors (Lipinski definition) is 29. The molecule has 6 aromatic carbocycles. The van der Waals surface area contributed by atoms with Crippen LogP contribution < -0.4 is 141 Å². The molecule has 5 aliphatic rings. The molecule has 0 aliphatic carbocycles. The van der Waals surface area contributed by atoms with Gasteiger partial charge < -0.3 is 117 Å². The number of benzene rings is 6. The molecule has 5 fully saturated rings. The van der Waals surface area contributed by atoms with Crippen molar-refractivity contribution >= 4 is 152 Å². The van der Waals surface area contributed by atoms with Gasteiger partial charge in [0, 0.05) is 138 Å². The minimum absolute atomic E-state index is 0. The number of carbonyl (C=O) groups is 2. The van der Waals surface area contributed by atoms with Crippen molar-refractivity contribution in [1.82, 2.24) is 29.9 Å². The van der Waals surface area contributed by atoms with Gasteiger partial charge in [-0.05, 0) is 82.7 Å². The van der Waals surface area contributed by atoms with Gasteiger partial charge in [0.25, 0.3) is 5.97 Å². The maximum Gasteiger partial charge on any atom is 1.00 e. The summed E-state index contributed by atoms with van der Waals surface area (Å²) < 4.78 is 142. The van der Waals surface area contributed by atoms with Gasteiger partial charge in [0.05, 0.1) is 148 Å². The van der Waals surface area contributed by atoms with Crippen LogP contribution in [0.15, 0.2) is 146 Å². The largest absolute Gasteiger partial charge is 1.00 e. The van der Waals surface area contributed by atoms with Crippen molar-refractivity contribution in [3.8, 4) is 69.0 Å². The van der Waals surface area contributed by atoms with Crippen molar-refractivity contribution in [1.29, 1.82) is 0 Å². The van der Waals surface area contributed by atoms with E-state index in [-0.39, 0.29) is 105 Å². The first-order valence-corrected chi connectivity index (χ1v) is 39.1. The van der Waals surface area contributed by atoms with E-state index in [1.165, 1.54) is 31.9 Å². The zero-order chi connectivity index (χ0) is 88.9. The smallest absolute Gasteiger partial charge is 0.600 e. The van der Waals surface area contributed by atoms with Gasteiger partial charge in [-0.15, -0.1) is 5.46 Å². The molecule has 652 valence electrons. The van der Waals surface area contributed by atoms with Gasteiger partial charge in [-0.25, -0.2) is 0 Å². The molecule has 2 unspecified atom stereocenters. The molecule has 2 bridgehead atoms. The molecule has 125 heavy (non-hydrogen) atoms. The molecule has 40 heteroatoms. The minimum atomic E-state index is -5.05. The Hall–Kier alpha value is -10.3. The quantitative estimate of drug-likeness (QED) is 0.0730. The molecular formula is C85H99B6F3KN7O23. The number of nitrogens with zero attached hydrogens (tertiary/aromatic N) is 7. The van der Waals surface area contributed by atoms with Crippen LogP contribution in [0.2, 0.25) is 13.6 Å². The van der Waals surface area contributed by atoms with Crippen LogP contribution in [0.1, 0.15) is 41.0 Å². The number of methoxy groups -OCH3 is 12. The normalized spacial score (nSPS) is 19.0. The summed E-state index contributed by atoms with van der Waals surface area (Å²) in [7, 11) is 18.7. The molecule has 11 heterocycles. The molecule has 0 radical (unpaired) electrons. The Bertz CT molecular complexity index is 5820. The Kier molecular flexibility index (Phi) is 30.8. The van der Waals surface area contributed by atoms with E-state index in [2.05, 4.69) is 49.6 Å². The second-order valence-corrected chi connectivity index (χ2v) is 31.3. The van der Waals surface area contributed by atoms with Gasteiger partial charge in [-0.1, -0.05) is 61.0 Å². The van der Waals surface area contributed by atoms with Gasteiger partial charge in [0.2, 0.25) is 0 Å².